The average molecular weight is 491 g/mol. The number of carbonyl (C=O) groups excluding carboxylic acids is 1. The maximum absolute atomic E-state index is 12.6. The van der Waals surface area contributed by atoms with E-state index in [2.05, 4.69) is 20.1 Å². The number of ether oxygens (including phenoxy) is 6. The van der Waals surface area contributed by atoms with Gasteiger partial charge in [0.2, 0.25) is 5.91 Å². The quantitative estimate of drug-likeness (QED) is 0.0796. The van der Waals surface area contributed by atoms with Crippen molar-refractivity contribution in [3.63, 3.8) is 0 Å². The first-order valence-electron chi connectivity index (χ1n) is 11.2. The van der Waals surface area contributed by atoms with Gasteiger partial charge in [-0.25, -0.2) is 0 Å². The van der Waals surface area contributed by atoms with Crippen LogP contribution in [0.15, 0.2) is 10.2 Å². The van der Waals surface area contributed by atoms with E-state index < -0.39 is 0 Å². The van der Waals surface area contributed by atoms with Crippen LogP contribution in [0.5, 0.6) is 0 Å². The van der Waals surface area contributed by atoms with Crippen LogP contribution >= 0.6 is 0 Å². The summed E-state index contributed by atoms with van der Waals surface area (Å²) >= 11 is 0. The molecule has 0 unspecified atom stereocenters. The third-order valence-electron chi connectivity index (χ3n) is 4.00. The van der Waals surface area contributed by atoms with Crippen LogP contribution in [0, 0.1) is 0 Å². The van der Waals surface area contributed by atoms with E-state index >= 15 is 0 Å². The zero-order valence-electron chi connectivity index (χ0n) is 19.8. The molecule has 0 aromatic carbocycles. The van der Waals surface area contributed by atoms with Crippen LogP contribution in [0.1, 0.15) is 6.42 Å². The van der Waals surface area contributed by atoms with Gasteiger partial charge >= 0.3 is 0 Å². The van der Waals surface area contributed by atoms with Crippen LogP contribution in [0.3, 0.4) is 0 Å². The lowest BCUT2D eigenvalue weighted by atomic mass is 10.3. The van der Waals surface area contributed by atoms with Crippen LogP contribution in [-0.4, -0.2) is 123 Å². The number of nitrogens with zero attached hydrogens (tertiary/aromatic N) is 7. The van der Waals surface area contributed by atoms with Gasteiger partial charge < -0.3 is 39.1 Å². The molecule has 0 aliphatic carbocycles. The topological polar surface area (TPSA) is 199 Å². The van der Waals surface area contributed by atoms with Crippen molar-refractivity contribution in [2.24, 2.45) is 16.0 Å². The van der Waals surface area contributed by atoms with Crippen molar-refractivity contribution in [2.75, 3.05) is 112 Å². The molecule has 0 bridgehead atoms. The van der Waals surface area contributed by atoms with Gasteiger partial charge in [-0.05, 0) is 11.1 Å². The number of rotatable bonds is 26. The molecule has 0 heterocycles. The Morgan fingerprint density at radius 1 is 0.647 bits per heavy atom. The van der Waals surface area contributed by atoms with Gasteiger partial charge in [-0.3, -0.25) is 4.79 Å². The highest BCUT2D eigenvalue weighted by Crippen LogP contribution is 1.97. The molecule has 0 aromatic heterocycles. The Kier molecular flexibility index (Phi) is 25.3. The molecule has 0 rings (SSSR count). The second kappa shape index (κ2) is 27.1. The Labute approximate surface area is 200 Å². The van der Waals surface area contributed by atoms with Crippen LogP contribution < -0.4 is 5.73 Å². The lowest BCUT2D eigenvalue weighted by molar-refractivity contribution is -0.134. The number of hydrogen-bond acceptors (Lipinski definition) is 10. The van der Waals surface area contributed by atoms with E-state index in [4.69, 9.17) is 45.2 Å². The molecule has 1 amide bonds. The van der Waals surface area contributed by atoms with Gasteiger partial charge in [0.1, 0.15) is 0 Å². The molecule has 2 N–H and O–H groups in total. The third kappa shape index (κ3) is 23.0. The highest BCUT2D eigenvalue weighted by Gasteiger charge is 2.13. The van der Waals surface area contributed by atoms with Crippen LogP contribution in [0.25, 0.3) is 20.9 Å². The Bertz CT molecular complexity index is 541. The molecule has 0 fully saturated rings. The smallest absolute Gasteiger partial charge is 0.225 e. The molecule has 15 nitrogen and oxygen atoms in total. The Morgan fingerprint density at radius 2 is 1.06 bits per heavy atom. The average Bonchev–Trinajstić information content (AvgIpc) is 2.84. The van der Waals surface area contributed by atoms with Crippen molar-refractivity contribution in [3.8, 4) is 0 Å². The van der Waals surface area contributed by atoms with Crippen molar-refractivity contribution in [1.82, 2.24) is 4.90 Å². The summed E-state index contributed by atoms with van der Waals surface area (Å²) in [7, 11) is 0. The Morgan fingerprint density at radius 3 is 1.50 bits per heavy atom. The third-order valence-corrected chi connectivity index (χ3v) is 4.00. The summed E-state index contributed by atoms with van der Waals surface area (Å²) in [5.41, 5.74) is 21.7. The number of azide groups is 2. The van der Waals surface area contributed by atoms with Gasteiger partial charge in [-0.15, -0.1) is 0 Å². The van der Waals surface area contributed by atoms with E-state index in [9.17, 15) is 4.79 Å². The fraction of sp³-hybridized carbons (Fsp3) is 0.947. The lowest BCUT2D eigenvalue weighted by Crippen LogP contribution is -2.37. The molecule has 0 aliphatic rings. The van der Waals surface area contributed by atoms with E-state index in [1.165, 1.54) is 0 Å². The second-order valence-electron chi connectivity index (χ2n) is 6.50. The van der Waals surface area contributed by atoms with Gasteiger partial charge in [0, 0.05) is 42.5 Å². The monoisotopic (exact) mass is 490 g/mol. The molecular formula is C19H38N8O7. The van der Waals surface area contributed by atoms with Gasteiger partial charge in [0.25, 0.3) is 0 Å². The van der Waals surface area contributed by atoms with Crippen molar-refractivity contribution >= 4 is 5.91 Å². The maximum atomic E-state index is 12.6. The van der Waals surface area contributed by atoms with Crippen LogP contribution in [0.2, 0.25) is 0 Å². The molecule has 15 heteroatoms. The first-order chi connectivity index (χ1) is 16.8. The summed E-state index contributed by atoms with van der Waals surface area (Å²) in [5.74, 6) is -0.0636. The first-order valence-corrected chi connectivity index (χ1v) is 11.2. The normalized spacial score (nSPS) is 10.5. The summed E-state index contributed by atoms with van der Waals surface area (Å²) < 4.78 is 32.2. The highest BCUT2D eigenvalue weighted by molar-refractivity contribution is 5.76. The van der Waals surface area contributed by atoms with Crippen molar-refractivity contribution < 1.29 is 33.2 Å². The summed E-state index contributed by atoms with van der Waals surface area (Å²) in [5, 5.41) is 6.75. The van der Waals surface area contributed by atoms with Crippen LogP contribution in [0.4, 0.5) is 0 Å². The minimum Gasteiger partial charge on any atom is -0.379 e. The zero-order chi connectivity index (χ0) is 25.0. The minimum absolute atomic E-state index is 0.0636. The zero-order valence-corrected chi connectivity index (χ0v) is 19.8. The summed E-state index contributed by atoms with van der Waals surface area (Å²) in [6.45, 7) is 6.29. The number of amides is 1. The highest BCUT2D eigenvalue weighted by atomic mass is 16.5. The molecule has 0 saturated carbocycles. The molecule has 0 saturated heterocycles. The van der Waals surface area contributed by atoms with Crippen molar-refractivity contribution in [1.29, 1.82) is 0 Å². The maximum Gasteiger partial charge on any atom is 0.225 e. The van der Waals surface area contributed by atoms with E-state index in [-0.39, 0.29) is 25.4 Å². The Hall–Kier alpha value is -2.19. The SMILES string of the molecule is [N-]=[N+]=NCCOCCOCCN(CCOCCOCCN=[N+]=[N-])C(=O)CCOCCOCCN. The summed E-state index contributed by atoms with van der Waals surface area (Å²) in [4.78, 5) is 19.5. The number of hydrogen-bond donors (Lipinski definition) is 1. The predicted molar refractivity (Wildman–Crippen MR) is 123 cm³/mol. The molecular weight excluding hydrogens is 452 g/mol. The number of nitrogens with two attached hydrogens (primary N) is 1. The minimum atomic E-state index is -0.0636. The van der Waals surface area contributed by atoms with Crippen LogP contribution in [-0.2, 0) is 33.2 Å². The van der Waals surface area contributed by atoms with Gasteiger partial charge in [0.05, 0.1) is 85.7 Å². The number of carbonyl (C=O) groups is 1. The summed E-state index contributed by atoms with van der Waals surface area (Å²) in [6, 6.07) is 0. The summed E-state index contributed by atoms with van der Waals surface area (Å²) in [6.07, 6.45) is 0.238. The Balaban J connectivity index is 4.10. The van der Waals surface area contributed by atoms with Gasteiger partial charge in [-0.2, -0.15) is 0 Å². The van der Waals surface area contributed by atoms with Crippen molar-refractivity contribution in [2.45, 2.75) is 6.42 Å². The largest absolute Gasteiger partial charge is 0.379 e. The fourth-order valence-corrected chi connectivity index (χ4v) is 2.38. The van der Waals surface area contributed by atoms with Crippen molar-refractivity contribution in [3.05, 3.63) is 20.9 Å². The molecule has 196 valence electrons. The van der Waals surface area contributed by atoms with E-state index in [0.29, 0.717) is 98.9 Å². The van der Waals surface area contributed by atoms with Gasteiger partial charge in [-0.1, -0.05) is 10.2 Å². The molecule has 0 radical (unpaired) electrons. The van der Waals surface area contributed by atoms with E-state index in [1.54, 1.807) is 4.90 Å². The molecule has 0 aromatic rings. The molecule has 0 spiro atoms. The van der Waals surface area contributed by atoms with Gasteiger partial charge in [0.15, 0.2) is 0 Å². The fourth-order valence-electron chi connectivity index (χ4n) is 2.38. The van der Waals surface area contributed by atoms with E-state index in [0.717, 1.165) is 0 Å². The predicted octanol–water partition coefficient (Wildman–Crippen LogP) is 0.884. The first kappa shape index (κ1) is 31.8. The standard InChI is InChI=1S/C19H38N8O7/c20-2-8-30-14-13-29-7-1-19(28)27(5-11-33-17-15-31-9-3-23-25-21)6-12-34-18-16-32-10-4-24-26-22/h1-18,20H2. The molecule has 34 heavy (non-hydrogen) atoms. The molecule has 0 aliphatic heterocycles. The molecule has 0 atom stereocenters. The second-order valence-corrected chi connectivity index (χ2v) is 6.50. The lowest BCUT2D eigenvalue weighted by Gasteiger charge is -2.23. The van der Waals surface area contributed by atoms with E-state index in [1.807, 2.05) is 0 Å².